The van der Waals surface area contributed by atoms with Crippen LogP contribution >= 0.6 is 11.3 Å². The van der Waals surface area contributed by atoms with Crippen LogP contribution in [0.3, 0.4) is 0 Å². The van der Waals surface area contributed by atoms with E-state index in [1.165, 1.54) is 4.88 Å². The minimum absolute atomic E-state index is 0.784. The lowest BCUT2D eigenvalue weighted by molar-refractivity contribution is 0.704. The molecule has 0 aliphatic rings. The number of rotatable bonds is 6. The summed E-state index contributed by atoms with van der Waals surface area (Å²) >= 11 is 1.71. The van der Waals surface area contributed by atoms with E-state index in [9.17, 15) is 0 Å². The van der Waals surface area contributed by atoms with Crippen LogP contribution in [0.4, 0.5) is 5.95 Å². The Hall–Kier alpha value is -1.46. The molecule has 0 amide bonds. The molecule has 4 nitrogen and oxygen atoms in total. The van der Waals surface area contributed by atoms with Gasteiger partial charge in [0.2, 0.25) is 5.95 Å². The summed E-state index contributed by atoms with van der Waals surface area (Å²) in [5.41, 5.74) is 1.08. The Morgan fingerprint density at radius 3 is 2.72 bits per heavy atom. The van der Waals surface area contributed by atoms with Crippen molar-refractivity contribution >= 4 is 17.3 Å². The van der Waals surface area contributed by atoms with Crippen molar-refractivity contribution in [3.63, 3.8) is 0 Å². The number of hydrogen-bond acceptors (Lipinski definition) is 5. The standard InChI is InChI=1S/C13H18N4S/c1-14-6-4-7-17(2)13-15-9-11(10-16-13)12-5-3-8-18-12/h3,5,8-10,14H,4,6-7H2,1-2H3. The number of nitrogens with one attached hydrogen (secondary N) is 1. The molecule has 0 saturated heterocycles. The molecule has 1 N–H and O–H groups in total. The largest absolute Gasteiger partial charge is 0.344 e. The van der Waals surface area contributed by atoms with E-state index >= 15 is 0 Å². The van der Waals surface area contributed by atoms with Gasteiger partial charge >= 0.3 is 0 Å². The van der Waals surface area contributed by atoms with E-state index in [1.54, 1.807) is 11.3 Å². The molecule has 0 saturated carbocycles. The fraction of sp³-hybridized carbons (Fsp3) is 0.385. The van der Waals surface area contributed by atoms with Crippen LogP contribution in [-0.2, 0) is 0 Å². The molecule has 2 aromatic rings. The van der Waals surface area contributed by atoms with Gasteiger partial charge in [-0.1, -0.05) is 6.07 Å². The summed E-state index contributed by atoms with van der Waals surface area (Å²) in [7, 11) is 3.99. The van der Waals surface area contributed by atoms with Gasteiger partial charge in [-0.25, -0.2) is 9.97 Å². The number of hydrogen-bond donors (Lipinski definition) is 1. The molecule has 2 rings (SSSR count). The Bertz CT molecular complexity index is 452. The fourth-order valence-electron chi connectivity index (χ4n) is 1.68. The highest BCUT2D eigenvalue weighted by Gasteiger charge is 2.05. The molecule has 0 aliphatic heterocycles. The lowest BCUT2D eigenvalue weighted by Crippen LogP contribution is -2.23. The molecule has 0 unspecified atom stereocenters. The number of nitrogens with zero attached hydrogens (tertiary/aromatic N) is 3. The summed E-state index contributed by atoms with van der Waals surface area (Å²) < 4.78 is 0. The average Bonchev–Trinajstić information content (AvgIpc) is 2.93. The molecule has 0 spiro atoms. The lowest BCUT2D eigenvalue weighted by atomic mass is 10.3. The van der Waals surface area contributed by atoms with Gasteiger partial charge in [-0.2, -0.15) is 0 Å². The maximum absolute atomic E-state index is 4.41. The molecule has 5 heteroatoms. The van der Waals surface area contributed by atoms with Crippen LogP contribution in [0.25, 0.3) is 10.4 Å². The predicted molar refractivity (Wildman–Crippen MR) is 77.2 cm³/mol. The highest BCUT2D eigenvalue weighted by Crippen LogP contribution is 2.23. The summed E-state index contributed by atoms with van der Waals surface area (Å²) in [5, 5.41) is 5.20. The van der Waals surface area contributed by atoms with E-state index < -0.39 is 0 Å². The zero-order valence-electron chi connectivity index (χ0n) is 10.8. The summed E-state index contributed by atoms with van der Waals surface area (Å²) in [6.45, 7) is 1.97. The van der Waals surface area contributed by atoms with Gasteiger partial charge in [0.1, 0.15) is 0 Å². The fourth-order valence-corrected chi connectivity index (χ4v) is 2.38. The van der Waals surface area contributed by atoms with Crippen LogP contribution in [0.2, 0.25) is 0 Å². The molecular weight excluding hydrogens is 244 g/mol. The molecule has 0 bridgehead atoms. The SMILES string of the molecule is CNCCCN(C)c1ncc(-c2cccs2)cn1. The molecular formula is C13H18N4S. The summed E-state index contributed by atoms with van der Waals surface area (Å²) in [5.74, 6) is 0.784. The number of aromatic nitrogens is 2. The van der Waals surface area contributed by atoms with Crippen molar-refractivity contribution in [1.29, 1.82) is 0 Å². The molecule has 0 aliphatic carbocycles. The lowest BCUT2D eigenvalue weighted by Gasteiger charge is -2.16. The Kier molecular flexibility index (Phi) is 4.66. The third kappa shape index (κ3) is 3.27. The van der Waals surface area contributed by atoms with E-state index in [-0.39, 0.29) is 0 Å². The zero-order valence-corrected chi connectivity index (χ0v) is 11.6. The van der Waals surface area contributed by atoms with Gasteiger partial charge in [-0.15, -0.1) is 11.3 Å². The van der Waals surface area contributed by atoms with Crippen molar-refractivity contribution < 1.29 is 0 Å². The number of thiophene rings is 1. The summed E-state index contributed by atoms with van der Waals surface area (Å²) in [4.78, 5) is 12.1. The molecule has 0 aromatic carbocycles. The Morgan fingerprint density at radius 1 is 1.33 bits per heavy atom. The van der Waals surface area contributed by atoms with Gasteiger partial charge in [0.05, 0.1) is 0 Å². The molecule has 0 fully saturated rings. The van der Waals surface area contributed by atoms with Gasteiger partial charge < -0.3 is 10.2 Å². The maximum Gasteiger partial charge on any atom is 0.225 e. The first-order valence-electron chi connectivity index (χ1n) is 6.03. The van der Waals surface area contributed by atoms with Gasteiger partial charge in [0.25, 0.3) is 0 Å². The third-order valence-corrected chi connectivity index (χ3v) is 3.62. The second-order valence-corrected chi connectivity index (χ2v) is 5.08. The quantitative estimate of drug-likeness (QED) is 0.811. The van der Waals surface area contributed by atoms with E-state index in [4.69, 9.17) is 0 Å². The monoisotopic (exact) mass is 262 g/mol. The third-order valence-electron chi connectivity index (χ3n) is 2.71. The summed E-state index contributed by atoms with van der Waals surface area (Å²) in [6, 6.07) is 4.12. The first-order valence-corrected chi connectivity index (χ1v) is 6.91. The van der Waals surface area contributed by atoms with Crippen molar-refractivity contribution in [1.82, 2.24) is 15.3 Å². The van der Waals surface area contributed by atoms with Crippen LogP contribution in [-0.4, -0.2) is 37.2 Å². The van der Waals surface area contributed by atoms with Crippen molar-refractivity contribution in [3.05, 3.63) is 29.9 Å². The van der Waals surface area contributed by atoms with E-state index in [0.29, 0.717) is 0 Å². The molecule has 18 heavy (non-hydrogen) atoms. The van der Waals surface area contributed by atoms with Crippen LogP contribution in [0.5, 0.6) is 0 Å². The van der Waals surface area contributed by atoms with Crippen molar-refractivity contribution in [3.8, 4) is 10.4 Å². The Labute approximate surface area is 112 Å². The molecule has 0 radical (unpaired) electrons. The van der Waals surface area contributed by atoms with Gasteiger partial charge in [0.15, 0.2) is 0 Å². The minimum Gasteiger partial charge on any atom is -0.344 e. The Morgan fingerprint density at radius 2 is 2.11 bits per heavy atom. The minimum atomic E-state index is 0.784. The van der Waals surface area contributed by atoms with Crippen molar-refractivity contribution in [2.24, 2.45) is 0 Å². The van der Waals surface area contributed by atoms with Crippen LogP contribution in [0, 0.1) is 0 Å². The smallest absolute Gasteiger partial charge is 0.225 e. The highest BCUT2D eigenvalue weighted by atomic mass is 32.1. The molecule has 0 atom stereocenters. The predicted octanol–water partition coefficient (Wildman–Crippen LogP) is 2.25. The first-order chi connectivity index (χ1) is 8.81. The number of anilines is 1. The van der Waals surface area contributed by atoms with Crippen LogP contribution in [0.15, 0.2) is 29.9 Å². The Balaban J connectivity index is 1.99. The van der Waals surface area contributed by atoms with Crippen LogP contribution < -0.4 is 10.2 Å². The van der Waals surface area contributed by atoms with E-state index in [0.717, 1.165) is 31.0 Å². The normalized spacial score (nSPS) is 10.6. The van der Waals surface area contributed by atoms with Crippen molar-refractivity contribution in [2.75, 3.05) is 32.1 Å². The van der Waals surface area contributed by atoms with Crippen molar-refractivity contribution in [2.45, 2.75) is 6.42 Å². The second-order valence-electron chi connectivity index (χ2n) is 4.13. The van der Waals surface area contributed by atoms with Gasteiger partial charge in [-0.05, 0) is 31.5 Å². The summed E-state index contributed by atoms with van der Waals surface area (Å²) in [6.07, 6.45) is 4.87. The molecule has 96 valence electrons. The average molecular weight is 262 g/mol. The zero-order chi connectivity index (χ0) is 12.8. The van der Waals surface area contributed by atoms with Gasteiger partial charge in [0, 0.05) is 36.4 Å². The van der Waals surface area contributed by atoms with E-state index in [2.05, 4.69) is 31.6 Å². The maximum atomic E-state index is 4.41. The van der Waals surface area contributed by atoms with Crippen LogP contribution in [0.1, 0.15) is 6.42 Å². The highest BCUT2D eigenvalue weighted by molar-refractivity contribution is 7.13. The second kappa shape index (κ2) is 6.47. The first kappa shape index (κ1) is 13.0. The van der Waals surface area contributed by atoms with Gasteiger partial charge in [-0.3, -0.25) is 0 Å². The molecule has 2 aromatic heterocycles. The van der Waals surface area contributed by atoms with E-state index in [1.807, 2.05) is 32.6 Å². The topological polar surface area (TPSA) is 41.0 Å². The molecule has 2 heterocycles.